The van der Waals surface area contributed by atoms with Crippen molar-refractivity contribution >= 4 is 80.0 Å². The second-order valence-corrected chi connectivity index (χ2v) is 25.8. The van der Waals surface area contributed by atoms with Crippen LogP contribution in [0, 0.1) is 5.95 Å². The summed E-state index contributed by atoms with van der Waals surface area (Å²) >= 11 is 0. The SMILES string of the molecule is C[C@H]1COCCN1c1nc(N2CCOC[C@@H]2C)c2ccc(-c3ccc(-c4ccnc(NN)c4)nc3)nc2n1.C[C@H]1COCCN1c1nc(N2CCOC[C@@H]2C)c2ccc(-c3ccnc(F)c3)nc2n1.C[C@H]1COCCN1c1nc(N2CCOC[C@@H]2C)c2ccc(-c3ccnc(N)c3)nc2n1. The number of morpholine rings is 6. The smallest absolute Gasteiger partial charge is 0.229 e. The Morgan fingerprint density at radius 1 is 0.370 bits per heavy atom. The van der Waals surface area contributed by atoms with Crippen molar-refractivity contribution in [3.05, 3.63) is 116 Å². The summed E-state index contributed by atoms with van der Waals surface area (Å²) in [7, 11) is 0. The van der Waals surface area contributed by atoms with Crippen LogP contribution < -0.4 is 46.4 Å². The minimum Gasteiger partial charge on any atom is -0.384 e. The number of hydrazine groups is 1. The van der Waals surface area contributed by atoms with Gasteiger partial charge in [-0.3, -0.25) is 4.98 Å². The Morgan fingerprint density at radius 2 is 0.720 bits per heavy atom. The normalized spacial score (nSPS) is 21.4. The van der Waals surface area contributed by atoms with Gasteiger partial charge in [0.25, 0.3) is 0 Å². The van der Waals surface area contributed by atoms with Crippen LogP contribution in [0.15, 0.2) is 110 Å². The van der Waals surface area contributed by atoms with Crippen LogP contribution in [0.1, 0.15) is 41.5 Å². The molecular formula is C71H83FN22O6. The van der Waals surface area contributed by atoms with Crippen molar-refractivity contribution in [3.8, 4) is 45.0 Å². The predicted molar refractivity (Wildman–Crippen MR) is 383 cm³/mol. The van der Waals surface area contributed by atoms with E-state index in [9.17, 15) is 4.39 Å². The van der Waals surface area contributed by atoms with E-state index in [0.717, 1.165) is 107 Å². The lowest BCUT2D eigenvalue weighted by Gasteiger charge is -2.37. The van der Waals surface area contributed by atoms with Crippen molar-refractivity contribution in [2.75, 3.05) is 159 Å². The van der Waals surface area contributed by atoms with E-state index in [4.69, 9.17) is 84.9 Å². The zero-order valence-electron chi connectivity index (χ0n) is 57.1. The molecule has 16 heterocycles. The van der Waals surface area contributed by atoms with Crippen LogP contribution >= 0.6 is 0 Å². The van der Waals surface area contributed by atoms with Gasteiger partial charge in [-0.25, -0.2) is 35.7 Å². The van der Waals surface area contributed by atoms with Crippen molar-refractivity contribution in [1.82, 2.24) is 64.8 Å². The van der Waals surface area contributed by atoms with Gasteiger partial charge >= 0.3 is 0 Å². The molecule has 6 fully saturated rings. The van der Waals surface area contributed by atoms with E-state index < -0.39 is 5.95 Å². The van der Waals surface area contributed by atoms with Gasteiger partial charge in [0.15, 0.2) is 16.9 Å². The first-order chi connectivity index (χ1) is 48.8. The molecule has 0 aliphatic carbocycles. The lowest BCUT2D eigenvalue weighted by atomic mass is 10.1. The van der Waals surface area contributed by atoms with Crippen molar-refractivity contribution in [2.24, 2.45) is 5.84 Å². The average Bonchev–Trinajstić information content (AvgIpc) is 0.778. The highest BCUT2D eigenvalue weighted by Gasteiger charge is 2.32. The number of aromatic nitrogens is 13. The van der Waals surface area contributed by atoms with E-state index in [1.807, 2.05) is 66.9 Å². The first-order valence-electron chi connectivity index (χ1n) is 34.2. The van der Waals surface area contributed by atoms with Crippen LogP contribution in [0.25, 0.3) is 78.1 Å². The van der Waals surface area contributed by atoms with Crippen molar-refractivity contribution in [1.29, 1.82) is 0 Å². The van der Waals surface area contributed by atoms with Crippen molar-refractivity contribution in [2.45, 2.75) is 77.8 Å². The summed E-state index contributed by atoms with van der Waals surface area (Å²) < 4.78 is 47.5. The molecule has 5 N–H and O–H groups in total. The average molecular weight is 1360 g/mol. The van der Waals surface area contributed by atoms with Gasteiger partial charge in [0.1, 0.15) is 29.1 Å². The minimum atomic E-state index is -0.534. The number of hydrogen-bond donors (Lipinski definition) is 3. The first kappa shape index (κ1) is 67.3. The third-order valence-corrected chi connectivity index (χ3v) is 18.7. The molecule has 0 spiro atoms. The molecule has 0 unspecified atom stereocenters. The van der Waals surface area contributed by atoms with Crippen LogP contribution in [0.4, 0.5) is 51.3 Å². The lowest BCUT2D eigenvalue weighted by molar-refractivity contribution is 0.0972. The molecule has 10 aromatic rings. The molecule has 6 aliphatic heterocycles. The molecule has 0 radical (unpaired) electrons. The van der Waals surface area contributed by atoms with E-state index in [-0.39, 0.29) is 36.3 Å². The Bertz CT molecular complexity index is 4340. The van der Waals surface area contributed by atoms with Crippen molar-refractivity contribution in [3.63, 3.8) is 0 Å². The maximum absolute atomic E-state index is 13.7. The summed E-state index contributed by atoms with van der Waals surface area (Å²) in [5.41, 5.74) is 16.9. The van der Waals surface area contributed by atoms with E-state index in [1.54, 1.807) is 18.5 Å². The molecule has 10 aromatic heterocycles. The highest BCUT2D eigenvalue weighted by Crippen LogP contribution is 2.36. The summed E-state index contributed by atoms with van der Waals surface area (Å²) in [5, 5.41) is 2.73. The highest BCUT2D eigenvalue weighted by molar-refractivity contribution is 5.92. The van der Waals surface area contributed by atoms with E-state index in [1.165, 1.54) is 12.3 Å². The first-order valence-corrected chi connectivity index (χ1v) is 34.2. The fourth-order valence-electron chi connectivity index (χ4n) is 13.2. The Labute approximate surface area is 578 Å². The number of halogens is 1. The molecular weight excluding hydrogens is 1280 g/mol. The third kappa shape index (κ3) is 14.7. The van der Waals surface area contributed by atoms with Gasteiger partial charge in [0, 0.05) is 92.4 Å². The van der Waals surface area contributed by atoms with Gasteiger partial charge in [0.05, 0.1) is 154 Å². The number of nitrogens with one attached hydrogen (secondary N) is 1. The summed E-state index contributed by atoms with van der Waals surface area (Å²) in [6.07, 6.45) is 6.66. The molecule has 29 heteroatoms. The predicted octanol–water partition coefficient (Wildman–Crippen LogP) is 7.68. The Kier molecular flexibility index (Phi) is 20.4. The number of pyridine rings is 7. The van der Waals surface area contributed by atoms with Gasteiger partial charge in [-0.05, 0) is 120 Å². The Morgan fingerprint density at radius 3 is 1.08 bits per heavy atom. The number of nitrogens with zero attached hydrogens (tertiary/aromatic N) is 19. The van der Waals surface area contributed by atoms with Crippen LogP contribution in [0.5, 0.6) is 0 Å². The maximum atomic E-state index is 13.7. The van der Waals surface area contributed by atoms with E-state index >= 15 is 0 Å². The monoisotopic (exact) mass is 1360 g/mol. The highest BCUT2D eigenvalue weighted by atomic mass is 19.1. The molecule has 100 heavy (non-hydrogen) atoms. The van der Waals surface area contributed by atoms with Crippen LogP contribution in [0.2, 0.25) is 0 Å². The third-order valence-electron chi connectivity index (χ3n) is 18.7. The number of rotatable bonds is 11. The van der Waals surface area contributed by atoms with Gasteiger partial charge in [0.2, 0.25) is 23.8 Å². The second-order valence-electron chi connectivity index (χ2n) is 25.8. The number of fused-ring (bicyclic) bond motifs is 3. The fraction of sp³-hybridized carbons (Fsp3) is 0.423. The molecule has 520 valence electrons. The number of anilines is 8. The van der Waals surface area contributed by atoms with Crippen LogP contribution in [0.3, 0.4) is 0 Å². The fourth-order valence-corrected chi connectivity index (χ4v) is 13.2. The Balaban J connectivity index is 0.000000129. The zero-order valence-corrected chi connectivity index (χ0v) is 57.1. The summed E-state index contributed by atoms with van der Waals surface area (Å²) in [4.78, 5) is 74.4. The molecule has 0 aromatic carbocycles. The largest absolute Gasteiger partial charge is 0.384 e. The standard InChI is InChI=1S/C27H31N9O2.C22H25FN6O2.C22H27N7O2/c1-17-15-37-11-9-35(17)26-21-4-6-23(31-25(21)32-27(33-26)36-10-12-38-16-18(36)2)20-3-5-22(30-14-20)19-7-8-29-24(13-19)34-28;2*1-14-12-30-9-7-28(14)21-17-3-4-18(16-5-6-24-19(23)11-16)25-20(17)26-22(27-21)29-8-10-31-13-15(29)2/h3-8,13-14,17-18H,9-12,15-16,28H2,1-2H3,(H,29,34);3-6,11,14-15H,7-10,12-13H2,1-2H3;3-6,11,14-15H,7-10,12-13H2,1-2H3,(H2,23,24)/t17-,18-;2*14-,15-/m000/s1. The molecule has 0 bridgehead atoms. The molecule has 6 aliphatic rings. The molecule has 0 saturated carbocycles. The topological polar surface area (TPSA) is 306 Å². The van der Waals surface area contributed by atoms with Crippen molar-refractivity contribution < 1.29 is 32.8 Å². The molecule has 0 amide bonds. The number of hydrogen-bond acceptors (Lipinski definition) is 28. The number of nitrogens with two attached hydrogens (primary N) is 2. The molecule has 28 nitrogen and oxygen atoms in total. The quantitative estimate of drug-likeness (QED) is 0.0635. The second kappa shape index (κ2) is 30.3. The minimum absolute atomic E-state index is 0.165. The zero-order chi connectivity index (χ0) is 68.8. The number of ether oxygens (including phenoxy) is 6. The maximum Gasteiger partial charge on any atom is 0.229 e. The van der Waals surface area contributed by atoms with Gasteiger partial charge in [-0.2, -0.15) is 34.3 Å². The summed E-state index contributed by atoms with van der Waals surface area (Å²) in [6, 6.07) is 27.7. The summed E-state index contributed by atoms with van der Waals surface area (Å²) in [6.45, 7) is 25.3. The molecule has 16 rings (SSSR count). The van der Waals surface area contributed by atoms with E-state index in [0.29, 0.717) is 137 Å². The van der Waals surface area contributed by atoms with E-state index in [2.05, 4.69) is 108 Å². The van der Waals surface area contributed by atoms with Crippen LogP contribution in [-0.4, -0.2) is 220 Å². The summed E-state index contributed by atoms with van der Waals surface area (Å²) in [5.74, 6) is 10.7. The van der Waals surface area contributed by atoms with Crippen LogP contribution in [-0.2, 0) is 28.4 Å². The molecule has 6 saturated heterocycles. The van der Waals surface area contributed by atoms with Gasteiger partial charge in [-0.15, -0.1) is 0 Å². The molecule has 6 atom stereocenters. The lowest BCUT2D eigenvalue weighted by Crippen LogP contribution is -2.46. The van der Waals surface area contributed by atoms with Gasteiger partial charge in [-0.1, -0.05) is 0 Å². The Hall–Kier alpha value is -9.88. The number of nitrogen functional groups attached to an aromatic ring is 2. The van der Waals surface area contributed by atoms with Gasteiger partial charge < -0.3 is 69.0 Å².